The van der Waals surface area contributed by atoms with Crippen LogP contribution in [0.4, 0.5) is 8.78 Å². The summed E-state index contributed by atoms with van der Waals surface area (Å²) in [4.78, 5) is 22.4. The molecule has 0 unspecified atom stereocenters. The fourth-order valence-electron chi connectivity index (χ4n) is 1.31. The lowest BCUT2D eigenvalue weighted by Crippen LogP contribution is -2.35. The van der Waals surface area contributed by atoms with Crippen LogP contribution in [0.15, 0.2) is 18.2 Å². The molecule has 0 bridgehead atoms. The van der Waals surface area contributed by atoms with Crippen LogP contribution >= 0.6 is 0 Å². The van der Waals surface area contributed by atoms with Crippen LogP contribution in [-0.2, 0) is 4.79 Å². The van der Waals surface area contributed by atoms with E-state index >= 15 is 0 Å². The van der Waals surface area contributed by atoms with E-state index in [-0.39, 0.29) is 19.0 Å². The molecule has 2 amide bonds. The smallest absolute Gasteiger partial charge is 0.257 e. The first-order chi connectivity index (χ1) is 8.56. The zero-order valence-corrected chi connectivity index (χ0v) is 9.93. The molecular weight excluding hydrogens is 242 g/mol. The molecule has 0 saturated carbocycles. The van der Waals surface area contributed by atoms with Crippen molar-refractivity contribution in [3.8, 4) is 0 Å². The van der Waals surface area contributed by atoms with Crippen molar-refractivity contribution < 1.29 is 18.4 Å². The normalized spacial score (nSPS) is 9.94. The Morgan fingerprint density at radius 2 is 1.67 bits per heavy atom. The minimum atomic E-state index is -0.912. The van der Waals surface area contributed by atoms with Gasteiger partial charge < -0.3 is 10.6 Å². The van der Waals surface area contributed by atoms with E-state index in [9.17, 15) is 18.4 Å². The Hall–Kier alpha value is -1.98. The Labute approximate surface area is 103 Å². The van der Waals surface area contributed by atoms with Gasteiger partial charge in [-0.3, -0.25) is 9.59 Å². The molecule has 98 valence electrons. The summed E-state index contributed by atoms with van der Waals surface area (Å²) in [5.74, 6) is -2.81. The predicted octanol–water partition coefficient (Wildman–Crippen LogP) is 1.22. The lowest BCUT2D eigenvalue weighted by Gasteiger charge is -2.07. The van der Waals surface area contributed by atoms with E-state index in [0.29, 0.717) is 6.42 Å². The van der Waals surface area contributed by atoms with Gasteiger partial charge in [-0.15, -0.1) is 0 Å². The summed E-state index contributed by atoms with van der Waals surface area (Å²) < 4.78 is 26.4. The maximum Gasteiger partial charge on any atom is 0.257 e. The molecule has 0 fully saturated rings. The number of benzene rings is 1. The molecule has 0 aliphatic carbocycles. The highest BCUT2D eigenvalue weighted by atomic mass is 19.1. The number of halogens is 2. The van der Waals surface area contributed by atoms with Crippen LogP contribution in [0.3, 0.4) is 0 Å². The molecule has 0 heterocycles. The molecule has 1 aromatic rings. The van der Waals surface area contributed by atoms with Crippen LogP contribution in [-0.4, -0.2) is 24.9 Å². The van der Waals surface area contributed by atoms with Crippen molar-refractivity contribution in [2.75, 3.05) is 13.1 Å². The topological polar surface area (TPSA) is 58.2 Å². The zero-order valence-electron chi connectivity index (χ0n) is 9.93. The second-order valence-corrected chi connectivity index (χ2v) is 3.56. The summed E-state index contributed by atoms with van der Waals surface area (Å²) in [6.45, 7) is 2.02. The van der Waals surface area contributed by atoms with Crippen LogP contribution < -0.4 is 10.6 Å². The fraction of sp³-hybridized carbons (Fsp3) is 0.333. The van der Waals surface area contributed by atoms with Crippen molar-refractivity contribution in [3.63, 3.8) is 0 Å². The van der Waals surface area contributed by atoms with Gasteiger partial charge in [-0.1, -0.05) is 13.0 Å². The Kier molecular flexibility index (Phi) is 5.23. The van der Waals surface area contributed by atoms with Gasteiger partial charge in [0.25, 0.3) is 5.91 Å². The SMILES string of the molecule is CCC(=O)NCCNC(=O)c1c(F)cccc1F. The van der Waals surface area contributed by atoms with Gasteiger partial charge in [0.05, 0.1) is 0 Å². The summed E-state index contributed by atoms with van der Waals surface area (Å²) in [5, 5.41) is 4.85. The van der Waals surface area contributed by atoms with Crippen molar-refractivity contribution in [1.82, 2.24) is 10.6 Å². The quantitative estimate of drug-likeness (QED) is 0.778. The van der Waals surface area contributed by atoms with E-state index < -0.39 is 23.1 Å². The highest BCUT2D eigenvalue weighted by Gasteiger charge is 2.16. The van der Waals surface area contributed by atoms with Crippen molar-refractivity contribution in [2.24, 2.45) is 0 Å². The number of carbonyl (C=O) groups excluding carboxylic acids is 2. The minimum absolute atomic E-state index is 0.109. The first kappa shape index (κ1) is 14.1. The van der Waals surface area contributed by atoms with E-state index in [4.69, 9.17) is 0 Å². The van der Waals surface area contributed by atoms with Gasteiger partial charge in [0.2, 0.25) is 5.91 Å². The van der Waals surface area contributed by atoms with Gasteiger partial charge in [0, 0.05) is 19.5 Å². The van der Waals surface area contributed by atoms with E-state index in [1.165, 1.54) is 6.07 Å². The van der Waals surface area contributed by atoms with Crippen LogP contribution in [0.25, 0.3) is 0 Å². The molecule has 0 aliphatic heterocycles. The van der Waals surface area contributed by atoms with Gasteiger partial charge in [-0.2, -0.15) is 0 Å². The Balaban J connectivity index is 2.49. The van der Waals surface area contributed by atoms with Crippen LogP contribution in [0, 0.1) is 11.6 Å². The Morgan fingerprint density at radius 1 is 1.11 bits per heavy atom. The van der Waals surface area contributed by atoms with Crippen molar-refractivity contribution in [2.45, 2.75) is 13.3 Å². The summed E-state index contributed by atoms with van der Waals surface area (Å²) in [6, 6.07) is 3.20. The minimum Gasteiger partial charge on any atom is -0.354 e. The Morgan fingerprint density at radius 3 is 2.22 bits per heavy atom. The van der Waals surface area contributed by atoms with Gasteiger partial charge in [0.15, 0.2) is 0 Å². The third-order valence-corrected chi connectivity index (χ3v) is 2.24. The number of hydrogen-bond acceptors (Lipinski definition) is 2. The second kappa shape index (κ2) is 6.68. The van der Waals surface area contributed by atoms with Crippen molar-refractivity contribution in [1.29, 1.82) is 0 Å². The van der Waals surface area contributed by atoms with Gasteiger partial charge in [0.1, 0.15) is 17.2 Å². The molecule has 2 N–H and O–H groups in total. The number of nitrogens with one attached hydrogen (secondary N) is 2. The molecule has 1 aromatic carbocycles. The molecule has 0 aliphatic rings. The maximum absolute atomic E-state index is 13.2. The van der Waals surface area contributed by atoms with E-state index in [1.807, 2.05) is 0 Å². The van der Waals surface area contributed by atoms with Gasteiger partial charge in [-0.05, 0) is 12.1 Å². The lowest BCUT2D eigenvalue weighted by molar-refractivity contribution is -0.120. The number of rotatable bonds is 5. The highest BCUT2D eigenvalue weighted by Crippen LogP contribution is 2.11. The van der Waals surface area contributed by atoms with E-state index in [0.717, 1.165) is 12.1 Å². The molecule has 0 radical (unpaired) electrons. The number of carbonyl (C=O) groups is 2. The number of hydrogen-bond donors (Lipinski definition) is 2. The Bertz CT molecular complexity index is 429. The first-order valence-corrected chi connectivity index (χ1v) is 5.55. The molecule has 0 spiro atoms. The maximum atomic E-state index is 13.2. The van der Waals surface area contributed by atoms with Gasteiger partial charge >= 0.3 is 0 Å². The third-order valence-electron chi connectivity index (χ3n) is 2.24. The summed E-state index contributed by atoms with van der Waals surface area (Å²) >= 11 is 0. The second-order valence-electron chi connectivity index (χ2n) is 3.56. The molecule has 0 atom stereocenters. The first-order valence-electron chi connectivity index (χ1n) is 5.55. The predicted molar refractivity (Wildman–Crippen MR) is 62.0 cm³/mol. The standard InChI is InChI=1S/C12H14F2N2O2/c1-2-10(17)15-6-7-16-12(18)11-8(13)4-3-5-9(11)14/h3-5H,2,6-7H2,1H3,(H,15,17)(H,16,18). The molecule has 0 saturated heterocycles. The molecule has 0 aromatic heterocycles. The fourth-order valence-corrected chi connectivity index (χ4v) is 1.31. The molecule has 1 rings (SSSR count). The monoisotopic (exact) mass is 256 g/mol. The average Bonchev–Trinajstić information content (AvgIpc) is 2.34. The van der Waals surface area contributed by atoms with Crippen LogP contribution in [0.2, 0.25) is 0 Å². The lowest BCUT2D eigenvalue weighted by atomic mass is 10.2. The zero-order chi connectivity index (χ0) is 13.5. The van der Waals surface area contributed by atoms with Crippen molar-refractivity contribution >= 4 is 11.8 Å². The van der Waals surface area contributed by atoms with E-state index in [1.54, 1.807) is 6.92 Å². The van der Waals surface area contributed by atoms with E-state index in [2.05, 4.69) is 10.6 Å². The average molecular weight is 256 g/mol. The third kappa shape index (κ3) is 3.80. The number of amides is 2. The molecular formula is C12H14F2N2O2. The summed E-state index contributed by atoms with van der Waals surface area (Å²) in [7, 11) is 0. The van der Waals surface area contributed by atoms with Crippen molar-refractivity contribution in [3.05, 3.63) is 35.4 Å². The largest absolute Gasteiger partial charge is 0.354 e. The summed E-state index contributed by atoms with van der Waals surface area (Å²) in [6.07, 6.45) is 0.343. The summed E-state index contributed by atoms with van der Waals surface area (Å²) in [5.41, 5.74) is -0.612. The molecule has 4 nitrogen and oxygen atoms in total. The molecule has 6 heteroatoms. The van der Waals surface area contributed by atoms with Crippen LogP contribution in [0.1, 0.15) is 23.7 Å². The molecule has 18 heavy (non-hydrogen) atoms. The highest BCUT2D eigenvalue weighted by molar-refractivity contribution is 5.94. The van der Waals surface area contributed by atoms with Crippen LogP contribution in [0.5, 0.6) is 0 Å². The van der Waals surface area contributed by atoms with Gasteiger partial charge in [-0.25, -0.2) is 8.78 Å².